The molecule has 0 aliphatic rings. The van der Waals surface area contributed by atoms with E-state index in [1.54, 1.807) is 12.3 Å². The molecule has 3 nitrogen and oxygen atoms in total. The first-order valence-corrected chi connectivity index (χ1v) is 7.82. The van der Waals surface area contributed by atoms with Gasteiger partial charge in [-0.15, -0.1) is 11.6 Å². The molecule has 2 aromatic heterocycles. The lowest BCUT2D eigenvalue weighted by Gasteiger charge is -2.07. The smallest absolute Gasteiger partial charge is 0.139 e. The molecule has 0 aliphatic heterocycles. The molecule has 2 heterocycles. The molecule has 3 aromatic rings. The second-order valence-corrected chi connectivity index (χ2v) is 5.76. The number of aromatic nitrogens is 3. The first kappa shape index (κ1) is 14.5. The fraction of sp³-hybridized carbons (Fsp3) is 0.200. The predicted molar refractivity (Wildman–Crippen MR) is 84.9 cm³/mol. The number of pyridine rings is 1. The summed E-state index contributed by atoms with van der Waals surface area (Å²) >= 11 is 9.14. The Kier molecular flexibility index (Phi) is 4.22. The Morgan fingerprint density at radius 3 is 2.86 bits per heavy atom. The maximum Gasteiger partial charge on any atom is 0.139 e. The van der Waals surface area contributed by atoms with Crippen LogP contribution in [-0.4, -0.2) is 14.5 Å². The summed E-state index contributed by atoms with van der Waals surface area (Å²) in [5.41, 5.74) is 2.47. The first-order chi connectivity index (χ1) is 10.2. The fourth-order valence-electron chi connectivity index (χ4n) is 2.29. The molecular weight excluding hydrogens is 357 g/mol. The van der Waals surface area contributed by atoms with Crippen LogP contribution in [0.1, 0.15) is 11.5 Å². The van der Waals surface area contributed by atoms with Crippen molar-refractivity contribution in [3.63, 3.8) is 0 Å². The molecule has 0 saturated heterocycles. The molecule has 0 amide bonds. The quantitative estimate of drug-likeness (QED) is 0.642. The molecule has 0 radical (unpaired) electrons. The SMILES string of the molecule is Fc1cc2c(cc1Br)nc(CCl)n2CCc1ccccn1. The van der Waals surface area contributed by atoms with Gasteiger partial charge in [-0.25, -0.2) is 9.37 Å². The monoisotopic (exact) mass is 367 g/mol. The Hall–Kier alpha value is -1.46. The van der Waals surface area contributed by atoms with Crippen LogP contribution in [0.2, 0.25) is 0 Å². The van der Waals surface area contributed by atoms with E-state index in [0.717, 1.165) is 29.0 Å². The zero-order chi connectivity index (χ0) is 14.8. The topological polar surface area (TPSA) is 30.7 Å². The lowest BCUT2D eigenvalue weighted by atomic mass is 10.2. The third-order valence-electron chi connectivity index (χ3n) is 3.31. The molecule has 0 fully saturated rings. The van der Waals surface area contributed by atoms with Crippen LogP contribution < -0.4 is 0 Å². The van der Waals surface area contributed by atoms with Crippen molar-refractivity contribution in [2.45, 2.75) is 18.8 Å². The van der Waals surface area contributed by atoms with Crippen molar-refractivity contribution in [1.29, 1.82) is 0 Å². The average Bonchev–Trinajstić information content (AvgIpc) is 2.83. The van der Waals surface area contributed by atoms with E-state index in [9.17, 15) is 4.39 Å². The number of fused-ring (bicyclic) bond motifs is 1. The van der Waals surface area contributed by atoms with Gasteiger partial charge in [-0.1, -0.05) is 6.07 Å². The average molecular weight is 369 g/mol. The van der Waals surface area contributed by atoms with Gasteiger partial charge in [-0.05, 0) is 34.1 Å². The van der Waals surface area contributed by atoms with Crippen LogP contribution in [0.3, 0.4) is 0 Å². The van der Waals surface area contributed by atoms with Crippen molar-refractivity contribution in [1.82, 2.24) is 14.5 Å². The summed E-state index contributed by atoms with van der Waals surface area (Å²) in [5, 5.41) is 0. The highest BCUT2D eigenvalue weighted by molar-refractivity contribution is 9.10. The molecule has 0 N–H and O–H groups in total. The van der Waals surface area contributed by atoms with Crippen molar-refractivity contribution in [2.24, 2.45) is 0 Å². The molecule has 0 atom stereocenters. The number of alkyl halides is 1. The number of hydrogen-bond acceptors (Lipinski definition) is 2. The standard InChI is InChI=1S/C15H12BrClFN3/c16-11-7-13-14(8-12(11)18)21(15(9-17)20-13)6-4-10-3-1-2-5-19-10/h1-3,5,7-8H,4,6,9H2. The van der Waals surface area contributed by atoms with Crippen molar-refractivity contribution in [2.75, 3.05) is 0 Å². The van der Waals surface area contributed by atoms with Crippen LogP contribution in [-0.2, 0) is 18.8 Å². The van der Waals surface area contributed by atoms with Crippen LogP contribution in [0.25, 0.3) is 11.0 Å². The normalized spacial score (nSPS) is 11.2. The van der Waals surface area contributed by atoms with Crippen LogP contribution in [0, 0.1) is 5.82 Å². The Balaban J connectivity index is 1.98. The van der Waals surface area contributed by atoms with Crippen molar-refractivity contribution in [3.8, 4) is 0 Å². The Labute approximate surface area is 134 Å². The summed E-state index contributed by atoms with van der Waals surface area (Å²) in [6.45, 7) is 0.663. The van der Waals surface area contributed by atoms with Gasteiger partial charge in [-0.3, -0.25) is 4.98 Å². The van der Waals surface area contributed by atoms with Gasteiger partial charge in [0.25, 0.3) is 0 Å². The number of benzene rings is 1. The molecular formula is C15H12BrClFN3. The molecule has 0 bridgehead atoms. The third kappa shape index (κ3) is 2.94. The molecule has 3 rings (SSSR count). The minimum atomic E-state index is -0.303. The highest BCUT2D eigenvalue weighted by Crippen LogP contribution is 2.25. The number of nitrogens with zero attached hydrogens (tertiary/aromatic N) is 3. The van der Waals surface area contributed by atoms with E-state index in [4.69, 9.17) is 11.6 Å². The van der Waals surface area contributed by atoms with Crippen LogP contribution >= 0.6 is 27.5 Å². The summed E-state index contributed by atoms with van der Waals surface area (Å²) < 4.78 is 16.1. The number of imidazole rings is 1. The summed E-state index contributed by atoms with van der Waals surface area (Å²) in [6, 6.07) is 8.97. The molecule has 0 spiro atoms. The summed E-state index contributed by atoms with van der Waals surface area (Å²) in [6.07, 6.45) is 2.51. The van der Waals surface area contributed by atoms with Gasteiger partial charge >= 0.3 is 0 Å². The maximum absolute atomic E-state index is 13.8. The van der Waals surface area contributed by atoms with E-state index in [-0.39, 0.29) is 11.7 Å². The zero-order valence-electron chi connectivity index (χ0n) is 11.1. The molecule has 0 unspecified atom stereocenters. The summed E-state index contributed by atoms with van der Waals surface area (Å²) in [5.74, 6) is 0.721. The van der Waals surface area contributed by atoms with Gasteiger partial charge in [0.2, 0.25) is 0 Å². The van der Waals surface area contributed by atoms with E-state index < -0.39 is 0 Å². The second-order valence-electron chi connectivity index (χ2n) is 4.64. The molecule has 21 heavy (non-hydrogen) atoms. The fourth-order valence-corrected chi connectivity index (χ4v) is 2.83. The number of rotatable bonds is 4. The van der Waals surface area contributed by atoms with Crippen molar-refractivity contribution < 1.29 is 4.39 Å². The van der Waals surface area contributed by atoms with Crippen molar-refractivity contribution in [3.05, 3.63) is 58.3 Å². The Morgan fingerprint density at radius 2 is 2.14 bits per heavy atom. The zero-order valence-corrected chi connectivity index (χ0v) is 13.4. The van der Waals surface area contributed by atoms with Gasteiger partial charge < -0.3 is 4.57 Å². The summed E-state index contributed by atoms with van der Waals surface area (Å²) in [4.78, 5) is 8.76. The molecule has 0 saturated carbocycles. The van der Waals surface area contributed by atoms with Gasteiger partial charge in [0, 0.05) is 30.9 Å². The molecule has 108 valence electrons. The second kappa shape index (κ2) is 6.12. The van der Waals surface area contributed by atoms with Gasteiger partial charge in [0.15, 0.2) is 0 Å². The lowest BCUT2D eigenvalue weighted by Crippen LogP contribution is -2.06. The van der Waals surface area contributed by atoms with Crippen LogP contribution in [0.5, 0.6) is 0 Å². The van der Waals surface area contributed by atoms with Gasteiger partial charge in [0.05, 0.1) is 21.4 Å². The van der Waals surface area contributed by atoms with Crippen LogP contribution in [0.4, 0.5) is 4.39 Å². The lowest BCUT2D eigenvalue weighted by molar-refractivity contribution is 0.620. The minimum absolute atomic E-state index is 0.288. The maximum atomic E-state index is 13.8. The van der Waals surface area contributed by atoms with Crippen LogP contribution in [0.15, 0.2) is 41.0 Å². The number of aryl methyl sites for hydroxylation is 2. The van der Waals surface area contributed by atoms with Gasteiger partial charge in [0.1, 0.15) is 11.6 Å². The van der Waals surface area contributed by atoms with E-state index in [1.165, 1.54) is 6.07 Å². The Bertz CT molecular complexity index is 773. The number of hydrogen-bond donors (Lipinski definition) is 0. The minimum Gasteiger partial charge on any atom is -0.326 e. The largest absolute Gasteiger partial charge is 0.326 e. The highest BCUT2D eigenvalue weighted by Gasteiger charge is 2.13. The van der Waals surface area contributed by atoms with Gasteiger partial charge in [-0.2, -0.15) is 0 Å². The van der Waals surface area contributed by atoms with Crippen molar-refractivity contribution >= 4 is 38.6 Å². The highest BCUT2D eigenvalue weighted by atomic mass is 79.9. The molecule has 0 aliphatic carbocycles. The first-order valence-electron chi connectivity index (χ1n) is 6.49. The number of halogens is 3. The predicted octanol–water partition coefficient (Wildman–Crippen LogP) is 4.31. The molecule has 6 heteroatoms. The Morgan fingerprint density at radius 1 is 1.29 bits per heavy atom. The van der Waals surface area contributed by atoms with E-state index in [2.05, 4.69) is 25.9 Å². The van der Waals surface area contributed by atoms with E-state index in [1.807, 2.05) is 22.8 Å². The third-order valence-corrected chi connectivity index (χ3v) is 4.15. The van der Waals surface area contributed by atoms with E-state index in [0.29, 0.717) is 11.0 Å². The molecule has 1 aromatic carbocycles. The summed E-state index contributed by atoms with van der Waals surface area (Å²) in [7, 11) is 0. The van der Waals surface area contributed by atoms with E-state index >= 15 is 0 Å².